The first-order chi connectivity index (χ1) is 14.4. The lowest BCUT2D eigenvalue weighted by molar-refractivity contribution is -0.129. The number of carbonyl (C=O) groups is 3. The van der Waals surface area contributed by atoms with Crippen molar-refractivity contribution >= 4 is 34.1 Å². The van der Waals surface area contributed by atoms with E-state index in [4.69, 9.17) is 14.2 Å². The lowest BCUT2D eigenvalue weighted by Crippen LogP contribution is -2.34. The van der Waals surface area contributed by atoms with Crippen LogP contribution >= 0.6 is 11.3 Å². The van der Waals surface area contributed by atoms with Crippen LogP contribution in [0.1, 0.15) is 45.0 Å². The summed E-state index contributed by atoms with van der Waals surface area (Å²) in [7, 11) is 3.00. The van der Waals surface area contributed by atoms with Gasteiger partial charge in [0.2, 0.25) is 5.91 Å². The molecule has 0 unspecified atom stereocenters. The smallest absolute Gasteiger partial charge is 0.341 e. The molecule has 2 amide bonds. The van der Waals surface area contributed by atoms with Crippen LogP contribution in [0.5, 0.6) is 11.5 Å². The first-order valence-electron chi connectivity index (χ1n) is 9.50. The average Bonchev–Trinajstić information content (AvgIpc) is 3.10. The molecule has 0 radical (unpaired) electrons. The second-order valence-electron chi connectivity index (χ2n) is 6.64. The van der Waals surface area contributed by atoms with E-state index >= 15 is 0 Å². The summed E-state index contributed by atoms with van der Waals surface area (Å²) in [5.41, 5.74) is 1.50. The average molecular weight is 432 g/mol. The van der Waals surface area contributed by atoms with Gasteiger partial charge in [0, 0.05) is 24.4 Å². The van der Waals surface area contributed by atoms with Gasteiger partial charge in [0.25, 0.3) is 5.91 Å². The molecule has 2 aromatic rings. The number of thiophene rings is 1. The SMILES string of the molecule is CCOC(=O)c1c(NC(=O)c2ccc(OC)cc2OC)sc2c1CCN(C(C)=O)C2. The molecule has 1 aromatic heterocycles. The standard InChI is InChI=1S/C21H24N2O6S/c1-5-29-21(26)18-15-8-9-23(12(2)24)11-17(15)30-20(18)22-19(25)14-7-6-13(27-3)10-16(14)28-4/h6-7,10H,5,8-9,11H2,1-4H3,(H,22,25). The van der Waals surface area contributed by atoms with E-state index in [-0.39, 0.29) is 12.5 Å². The maximum atomic E-state index is 13.0. The Morgan fingerprint density at radius 1 is 1.20 bits per heavy atom. The van der Waals surface area contributed by atoms with Gasteiger partial charge in [-0.3, -0.25) is 9.59 Å². The molecule has 0 aliphatic carbocycles. The van der Waals surface area contributed by atoms with E-state index < -0.39 is 11.9 Å². The van der Waals surface area contributed by atoms with Crippen molar-refractivity contribution < 1.29 is 28.6 Å². The molecule has 2 heterocycles. The molecule has 0 saturated carbocycles. The van der Waals surface area contributed by atoms with Crippen molar-refractivity contribution in [3.05, 3.63) is 39.8 Å². The molecular formula is C21H24N2O6S. The zero-order chi connectivity index (χ0) is 21.8. The minimum atomic E-state index is -0.483. The Balaban J connectivity index is 1.96. The summed E-state index contributed by atoms with van der Waals surface area (Å²) in [6.07, 6.45) is 0.529. The molecule has 9 heteroatoms. The van der Waals surface area contributed by atoms with Crippen molar-refractivity contribution in [2.75, 3.05) is 32.7 Å². The van der Waals surface area contributed by atoms with Crippen molar-refractivity contribution in [2.45, 2.75) is 26.8 Å². The third-order valence-electron chi connectivity index (χ3n) is 4.86. The summed E-state index contributed by atoms with van der Waals surface area (Å²) >= 11 is 1.29. The highest BCUT2D eigenvalue weighted by molar-refractivity contribution is 7.17. The summed E-state index contributed by atoms with van der Waals surface area (Å²) in [5, 5.41) is 3.24. The van der Waals surface area contributed by atoms with Gasteiger partial charge in [-0.2, -0.15) is 0 Å². The highest BCUT2D eigenvalue weighted by Gasteiger charge is 2.30. The lowest BCUT2D eigenvalue weighted by atomic mass is 10.0. The number of nitrogens with one attached hydrogen (secondary N) is 1. The molecule has 0 spiro atoms. The van der Waals surface area contributed by atoms with Gasteiger partial charge in [-0.25, -0.2) is 4.79 Å². The van der Waals surface area contributed by atoms with E-state index in [1.54, 1.807) is 30.0 Å². The molecule has 1 aromatic carbocycles. The molecule has 0 fully saturated rings. The number of anilines is 1. The number of nitrogens with zero attached hydrogens (tertiary/aromatic N) is 1. The van der Waals surface area contributed by atoms with E-state index in [1.165, 1.54) is 32.5 Å². The molecule has 3 rings (SSSR count). The van der Waals surface area contributed by atoms with Crippen molar-refractivity contribution in [3.63, 3.8) is 0 Å². The van der Waals surface area contributed by atoms with Crippen LogP contribution in [-0.2, 0) is 22.5 Å². The van der Waals surface area contributed by atoms with E-state index in [1.807, 2.05) is 0 Å². The topological polar surface area (TPSA) is 94.2 Å². The second-order valence-corrected chi connectivity index (χ2v) is 7.74. The Bertz CT molecular complexity index is 984. The summed E-state index contributed by atoms with van der Waals surface area (Å²) in [6.45, 7) is 4.40. The normalized spacial score (nSPS) is 12.7. The Hall–Kier alpha value is -3.07. The summed E-state index contributed by atoms with van der Waals surface area (Å²) in [4.78, 5) is 40.0. The number of fused-ring (bicyclic) bond motifs is 1. The number of carbonyl (C=O) groups excluding carboxylic acids is 3. The predicted octanol–water partition coefficient (Wildman–Crippen LogP) is 3.10. The molecule has 30 heavy (non-hydrogen) atoms. The molecule has 1 aliphatic rings. The highest BCUT2D eigenvalue weighted by Crippen LogP contribution is 2.38. The summed E-state index contributed by atoms with van der Waals surface area (Å²) < 4.78 is 15.7. The number of methoxy groups -OCH3 is 2. The number of benzene rings is 1. The number of rotatable bonds is 6. The van der Waals surface area contributed by atoms with E-state index in [0.717, 1.165) is 10.4 Å². The van der Waals surface area contributed by atoms with Gasteiger partial charge < -0.3 is 24.4 Å². The fraction of sp³-hybridized carbons (Fsp3) is 0.381. The minimum Gasteiger partial charge on any atom is -0.497 e. The minimum absolute atomic E-state index is 0.0275. The fourth-order valence-electron chi connectivity index (χ4n) is 3.34. The van der Waals surface area contributed by atoms with Crippen LogP contribution in [0.4, 0.5) is 5.00 Å². The first kappa shape index (κ1) is 21.6. The summed E-state index contributed by atoms with van der Waals surface area (Å²) in [5.74, 6) is -0.00855. The Morgan fingerprint density at radius 2 is 1.97 bits per heavy atom. The second kappa shape index (κ2) is 9.17. The van der Waals surface area contributed by atoms with E-state index in [0.29, 0.717) is 47.1 Å². The van der Waals surface area contributed by atoms with Gasteiger partial charge in [-0.15, -0.1) is 11.3 Å². The largest absolute Gasteiger partial charge is 0.497 e. The van der Waals surface area contributed by atoms with Crippen molar-refractivity contribution in [1.82, 2.24) is 4.90 Å². The molecule has 1 aliphatic heterocycles. The van der Waals surface area contributed by atoms with Gasteiger partial charge >= 0.3 is 5.97 Å². The maximum Gasteiger partial charge on any atom is 0.341 e. The Morgan fingerprint density at radius 3 is 2.60 bits per heavy atom. The molecule has 0 atom stereocenters. The number of esters is 1. The number of hydrogen-bond donors (Lipinski definition) is 1. The van der Waals surface area contributed by atoms with Gasteiger partial charge in [0.05, 0.1) is 38.5 Å². The first-order valence-corrected chi connectivity index (χ1v) is 10.3. The van der Waals surface area contributed by atoms with Crippen LogP contribution < -0.4 is 14.8 Å². The lowest BCUT2D eigenvalue weighted by Gasteiger charge is -2.25. The monoisotopic (exact) mass is 432 g/mol. The number of amides is 2. The molecule has 1 N–H and O–H groups in total. The van der Waals surface area contributed by atoms with Gasteiger partial charge in [-0.05, 0) is 31.0 Å². The summed E-state index contributed by atoms with van der Waals surface area (Å²) in [6, 6.07) is 4.88. The van der Waals surface area contributed by atoms with E-state index in [2.05, 4.69) is 5.32 Å². The highest BCUT2D eigenvalue weighted by atomic mass is 32.1. The predicted molar refractivity (Wildman–Crippen MR) is 113 cm³/mol. The van der Waals surface area contributed by atoms with Crippen LogP contribution in [0.15, 0.2) is 18.2 Å². The van der Waals surface area contributed by atoms with Gasteiger partial charge in [0.15, 0.2) is 0 Å². The molecular weight excluding hydrogens is 408 g/mol. The molecule has 0 bridgehead atoms. The van der Waals surface area contributed by atoms with Crippen LogP contribution in [-0.4, -0.2) is 50.1 Å². The van der Waals surface area contributed by atoms with Gasteiger partial charge in [-0.1, -0.05) is 0 Å². The van der Waals surface area contributed by atoms with Crippen molar-refractivity contribution in [2.24, 2.45) is 0 Å². The van der Waals surface area contributed by atoms with Crippen LogP contribution in [0.25, 0.3) is 0 Å². The molecule has 160 valence electrons. The van der Waals surface area contributed by atoms with Crippen LogP contribution in [0.2, 0.25) is 0 Å². The third-order valence-corrected chi connectivity index (χ3v) is 5.99. The van der Waals surface area contributed by atoms with Crippen LogP contribution in [0.3, 0.4) is 0 Å². The Kier molecular flexibility index (Phi) is 6.61. The third kappa shape index (κ3) is 4.25. The molecule has 8 nitrogen and oxygen atoms in total. The fourth-order valence-corrected chi connectivity index (χ4v) is 4.58. The number of hydrogen-bond acceptors (Lipinski definition) is 7. The van der Waals surface area contributed by atoms with Crippen LogP contribution in [0, 0.1) is 0 Å². The number of ether oxygens (including phenoxy) is 3. The quantitative estimate of drug-likeness (QED) is 0.705. The van der Waals surface area contributed by atoms with E-state index in [9.17, 15) is 14.4 Å². The van der Waals surface area contributed by atoms with Crippen molar-refractivity contribution in [3.8, 4) is 11.5 Å². The zero-order valence-corrected chi connectivity index (χ0v) is 18.2. The Labute approximate surface area is 178 Å². The zero-order valence-electron chi connectivity index (χ0n) is 17.4. The van der Waals surface area contributed by atoms with Crippen molar-refractivity contribution in [1.29, 1.82) is 0 Å². The maximum absolute atomic E-state index is 13.0. The molecule has 0 saturated heterocycles. The van der Waals surface area contributed by atoms with Gasteiger partial charge in [0.1, 0.15) is 16.5 Å².